The lowest BCUT2D eigenvalue weighted by atomic mass is 10.1. The second kappa shape index (κ2) is 7.04. The van der Waals surface area contributed by atoms with Gasteiger partial charge in [0.05, 0.1) is 7.11 Å². The first-order valence-electron chi connectivity index (χ1n) is 7.67. The molecule has 0 bridgehead atoms. The molecule has 0 amide bonds. The van der Waals surface area contributed by atoms with Gasteiger partial charge in [0.15, 0.2) is 6.10 Å². The van der Waals surface area contributed by atoms with Crippen LogP contribution in [0, 0.1) is 0 Å². The van der Waals surface area contributed by atoms with E-state index in [0.717, 1.165) is 16.3 Å². The van der Waals surface area contributed by atoms with Crippen molar-refractivity contribution in [3.8, 4) is 11.5 Å². The van der Waals surface area contributed by atoms with Crippen LogP contribution < -0.4 is 9.47 Å². The molecule has 1 atom stereocenters. The van der Waals surface area contributed by atoms with Crippen LogP contribution in [-0.2, 0) is 11.2 Å². The molecule has 3 aromatic carbocycles. The quantitative estimate of drug-likeness (QED) is 0.747. The number of carbonyl (C=O) groups is 1. The van der Waals surface area contributed by atoms with Gasteiger partial charge in [0.1, 0.15) is 11.5 Å². The van der Waals surface area contributed by atoms with Crippen LogP contribution in [0.2, 0.25) is 0 Å². The van der Waals surface area contributed by atoms with Crippen LogP contribution in [0.15, 0.2) is 66.7 Å². The van der Waals surface area contributed by atoms with E-state index in [0.29, 0.717) is 11.5 Å². The highest BCUT2D eigenvalue weighted by atomic mass is 16.5. The van der Waals surface area contributed by atoms with Crippen molar-refractivity contribution in [3.63, 3.8) is 0 Å². The average molecular weight is 322 g/mol. The van der Waals surface area contributed by atoms with Gasteiger partial charge in [-0.3, -0.25) is 0 Å². The van der Waals surface area contributed by atoms with E-state index in [4.69, 9.17) is 9.47 Å². The van der Waals surface area contributed by atoms with Gasteiger partial charge in [-0.25, -0.2) is 4.79 Å². The maximum Gasteiger partial charge on any atom is 0.345 e. The van der Waals surface area contributed by atoms with Crippen LogP contribution in [0.3, 0.4) is 0 Å². The molecule has 1 unspecified atom stereocenters. The summed E-state index contributed by atoms with van der Waals surface area (Å²) < 4.78 is 10.9. The molecule has 0 fully saturated rings. The van der Waals surface area contributed by atoms with Crippen molar-refractivity contribution >= 4 is 16.7 Å². The maximum atomic E-state index is 11.6. The number of carboxylic acid groups (broad SMARTS) is 1. The second-order valence-electron chi connectivity index (χ2n) is 5.51. The summed E-state index contributed by atoms with van der Waals surface area (Å²) >= 11 is 0. The number of ether oxygens (including phenoxy) is 2. The predicted molar refractivity (Wildman–Crippen MR) is 92.7 cm³/mol. The summed E-state index contributed by atoms with van der Waals surface area (Å²) in [6.45, 7) is 0. The standard InChI is InChI=1S/C20H18O4/c1-23-17-8-4-5-14(11-17)12-19(20(21)22)24-18-10-9-15-6-2-3-7-16(15)13-18/h2-11,13,19H,12H2,1H3,(H,21,22). The first-order valence-corrected chi connectivity index (χ1v) is 7.67. The van der Waals surface area contributed by atoms with Crippen molar-refractivity contribution in [1.29, 1.82) is 0 Å². The van der Waals surface area contributed by atoms with E-state index in [2.05, 4.69) is 0 Å². The van der Waals surface area contributed by atoms with Gasteiger partial charge in [0.2, 0.25) is 0 Å². The Hall–Kier alpha value is -3.01. The van der Waals surface area contributed by atoms with Crippen LogP contribution in [0.5, 0.6) is 11.5 Å². The highest BCUT2D eigenvalue weighted by Crippen LogP contribution is 2.23. The normalized spacial score (nSPS) is 11.9. The third-order valence-electron chi connectivity index (χ3n) is 3.83. The van der Waals surface area contributed by atoms with Gasteiger partial charge in [-0.2, -0.15) is 0 Å². The molecule has 1 N–H and O–H groups in total. The van der Waals surface area contributed by atoms with E-state index < -0.39 is 12.1 Å². The topological polar surface area (TPSA) is 55.8 Å². The average Bonchev–Trinajstić information content (AvgIpc) is 2.61. The number of hydrogen-bond acceptors (Lipinski definition) is 3. The number of carboxylic acids is 1. The summed E-state index contributed by atoms with van der Waals surface area (Å²) in [5.74, 6) is 0.248. The van der Waals surface area contributed by atoms with Crippen molar-refractivity contribution < 1.29 is 19.4 Å². The highest BCUT2D eigenvalue weighted by molar-refractivity contribution is 5.84. The van der Waals surface area contributed by atoms with Gasteiger partial charge >= 0.3 is 5.97 Å². The number of aliphatic carboxylic acids is 1. The van der Waals surface area contributed by atoms with Crippen molar-refractivity contribution in [3.05, 3.63) is 72.3 Å². The Labute approximate surface area is 140 Å². The van der Waals surface area contributed by atoms with Gasteiger partial charge in [0, 0.05) is 6.42 Å². The van der Waals surface area contributed by atoms with Gasteiger partial charge < -0.3 is 14.6 Å². The van der Waals surface area contributed by atoms with Crippen molar-refractivity contribution in [2.24, 2.45) is 0 Å². The summed E-state index contributed by atoms with van der Waals surface area (Å²) in [6.07, 6.45) is -0.697. The van der Waals surface area contributed by atoms with E-state index >= 15 is 0 Å². The minimum absolute atomic E-state index is 0.263. The van der Waals surface area contributed by atoms with Crippen LogP contribution >= 0.6 is 0 Å². The molecule has 0 saturated carbocycles. The number of methoxy groups -OCH3 is 1. The van der Waals surface area contributed by atoms with E-state index in [1.165, 1.54) is 0 Å². The van der Waals surface area contributed by atoms with E-state index in [1.807, 2.05) is 60.7 Å². The third kappa shape index (κ3) is 3.66. The summed E-state index contributed by atoms with van der Waals surface area (Å²) in [5.41, 5.74) is 0.850. The molecule has 0 aliphatic carbocycles. The van der Waals surface area contributed by atoms with Gasteiger partial charge in [-0.15, -0.1) is 0 Å². The fraction of sp³-hybridized carbons (Fsp3) is 0.150. The molecule has 3 rings (SSSR count). The number of fused-ring (bicyclic) bond motifs is 1. The van der Waals surface area contributed by atoms with Crippen molar-refractivity contribution in [1.82, 2.24) is 0 Å². The molecule has 122 valence electrons. The smallest absolute Gasteiger partial charge is 0.345 e. The predicted octanol–water partition coefficient (Wildman–Crippen LogP) is 3.92. The SMILES string of the molecule is COc1cccc(CC(Oc2ccc3ccccc3c2)C(=O)O)c1. The lowest BCUT2D eigenvalue weighted by Gasteiger charge is -2.16. The Kier molecular flexibility index (Phi) is 4.66. The monoisotopic (exact) mass is 322 g/mol. The molecule has 0 heterocycles. The highest BCUT2D eigenvalue weighted by Gasteiger charge is 2.20. The van der Waals surface area contributed by atoms with Gasteiger partial charge in [-0.1, -0.05) is 42.5 Å². The van der Waals surface area contributed by atoms with Crippen LogP contribution in [-0.4, -0.2) is 24.3 Å². The molecule has 4 nitrogen and oxygen atoms in total. The third-order valence-corrected chi connectivity index (χ3v) is 3.83. The Balaban J connectivity index is 1.81. The Bertz CT molecular complexity index is 857. The second-order valence-corrected chi connectivity index (χ2v) is 5.51. The molecule has 0 aliphatic heterocycles. The number of benzene rings is 3. The maximum absolute atomic E-state index is 11.6. The minimum Gasteiger partial charge on any atom is -0.497 e. The zero-order chi connectivity index (χ0) is 16.9. The molecule has 24 heavy (non-hydrogen) atoms. The van der Waals surface area contributed by atoms with Gasteiger partial charge in [-0.05, 0) is 40.6 Å². The first kappa shape index (κ1) is 15.9. The molecule has 0 aromatic heterocycles. The van der Waals surface area contributed by atoms with Crippen LogP contribution in [0.1, 0.15) is 5.56 Å². The molecule has 0 saturated heterocycles. The zero-order valence-corrected chi connectivity index (χ0v) is 13.3. The van der Waals surface area contributed by atoms with Crippen LogP contribution in [0.25, 0.3) is 10.8 Å². The largest absolute Gasteiger partial charge is 0.497 e. The Morgan fingerprint density at radius 1 is 0.958 bits per heavy atom. The molecule has 3 aromatic rings. The fourth-order valence-electron chi connectivity index (χ4n) is 2.60. The number of hydrogen-bond donors (Lipinski definition) is 1. The fourth-order valence-corrected chi connectivity index (χ4v) is 2.60. The van der Waals surface area contributed by atoms with Gasteiger partial charge in [0.25, 0.3) is 0 Å². The molecule has 0 radical (unpaired) electrons. The molecular weight excluding hydrogens is 304 g/mol. The summed E-state index contributed by atoms with van der Waals surface area (Å²) in [6, 6.07) is 20.8. The Morgan fingerprint density at radius 2 is 1.75 bits per heavy atom. The minimum atomic E-state index is -0.994. The van der Waals surface area contributed by atoms with Crippen molar-refractivity contribution in [2.75, 3.05) is 7.11 Å². The van der Waals surface area contributed by atoms with E-state index in [1.54, 1.807) is 13.2 Å². The lowest BCUT2D eigenvalue weighted by molar-refractivity contribution is -0.145. The van der Waals surface area contributed by atoms with Crippen LogP contribution in [0.4, 0.5) is 0 Å². The molecule has 0 aliphatic rings. The summed E-state index contributed by atoms with van der Waals surface area (Å²) in [5, 5.41) is 11.6. The Morgan fingerprint density at radius 3 is 2.50 bits per heavy atom. The molecule has 0 spiro atoms. The molecular formula is C20H18O4. The summed E-state index contributed by atoms with van der Waals surface area (Å²) in [7, 11) is 1.58. The number of rotatable bonds is 6. The van der Waals surface area contributed by atoms with E-state index in [-0.39, 0.29) is 6.42 Å². The van der Waals surface area contributed by atoms with E-state index in [9.17, 15) is 9.90 Å². The molecule has 4 heteroatoms. The first-order chi connectivity index (χ1) is 11.7. The zero-order valence-electron chi connectivity index (χ0n) is 13.3. The summed E-state index contributed by atoms with van der Waals surface area (Å²) in [4.78, 5) is 11.6. The van der Waals surface area contributed by atoms with Crippen molar-refractivity contribution in [2.45, 2.75) is 12.5 Å². The lowest BCUT2D eigenvalue weighted by Crippen LogP contribution is -2.29.